The van der Waals surface area contributed by atoms with E-state index in [0.29, 0.717) is 11.8 Å². The predicted molar refractivity (Wildman–Crippen MR) is 73.9 cm³/mol. The summed E-state index contributed by atoms with van der Waals surface area (Å²) in [4.78, 5) is 21.2. The van der Waals surface area contributed by atoms with Crippen LogP contribution in [0.5, 0.6) is 5.75 Å². The van der Waals surface area contributed by atoms with E-state index in [0.717, 1.165) is 11.6 Å². The molecule has 21 heavy (non-hydrogen) atoms. The average Bonchev–Trinajstić information content (AvgIpc) is 2.45. The third-order valence-electron chi connectivity index (χ3n) is 2.81. The first-order chi connectivity index (χ1) is 10.1. The van der Waals surface area contributed by atoms with E-state index in [1.807, 2.05) is 0 Å². The SMILES string of the molecule is O=Cc1cc(F)cc(OCc2ccc(CC(=O)O)cc2)c1. The molecule has 108 valence electrons. The highest BCUT2D eigenvalue weighted by molar-refractivity contribution is 5.75. The fourth-order valence-electron chi connectivity index (χ4n) is 1.83. The standard InChI is InChI=1S/C16H13FO4/c17-14-5-13(9-18)6-15(8-14)21-10-12-3-1-11(2-4-12)7-16(19)20/h1-6,8-9H,7,10H2,(H,19,20). The molecule has 0 saturated carbocycles. The van der Waals surface area contributed by atoms with Crippen molar-refractivity contribution in [3.05, 3.63) is 65.0 Å². The second-order valence-corrected chi connectivity index (χ2v) is 4.51. The maximum absolute atomic E-state index is 13.2. The second kappa shape index (κ2) is 6.65. The third kappa shape index (κ3) is 4.42. The summed E-state index contributed by atoms with van der Waals surface area (Å²) in [6.45, 7) is 0.203. The maximum atomic E-state index is 13.2. The van der Waals surface area contributed by atoms with Gasteiger partial charge in [0.1, 0.15) is 24.5 Å². The van der Waals surface area contributed by atoms with Crippen molar-refractivity contribution < 1.29 is 23.8 Å². The maximum Gasteiger partial charge on any atom is 0.307 e. The van der Waals surface area contributed by atoms with E-state index in [1.165, 1.54) is 12.1 Å². The number of aldehydes is 1. The molecule has 0 unspecified atom stereocenters. The van der Waals surface area contributed by atoms with E-state index in [1.54, 1.807) is 24.3 Å². The van der Waals surface area contributed by atoms with Crippen molar-refractivity contribution in [2.24, 2.45) is 0 Å². The molecule has 5 heteroatoms. The Morgan fingerprint density at radius 2 is 1.81 bits per heavy atom. The Hall–Kier alpha value is -2.69. The van der Waals surface area contributed by atoms with E-state index in [9.17, 15) is 14.0 Å². The first-order valence-electron chi connectivity index (χ1n) is 6.25. The number of benzene rings is 2. The zero-order chi connectivity index (χ0) is 15.2. The first kappa shape index (κ1) is 14.7. The van der Waals surface area contributed by atoms with Crippen molar-refractivity contribution in [2.45, 2.75) is 13.0 Å². The highest BCUT2D eigenvalue weighted by atomic mass is 19.1. The van der Waals surface area contributed by atoms with Crippen molar-refractivity contribution in [2.75, 3.05) is 0 Å². The Morgan fingerprint density at radius 3 is 2.43 bits per heavy atom. The van der Waals surface area contributed by atoms with Crippen LogP contribution in [0, 0.1) is 5.82 Å². The van der Waals surface area contributed by atoms with Crippen LogP contribution in [-0.4, -0.2) is 17.4 Å². The van der Waals surface area contributed by atoms with Crippen molar-refractivity contribution in [1.29, 1.82) is 0 Å². The second-order valence-electron chi connectivity index (χ2n) is 4.51. The number of ether oxygens (including phenoxy) is 1. The number of carbonyl (C=O) groups is 2. The van der Waals surface area contributed by atoms with Gasteiger partial charge < -0.3 is 9.84 Å². The van der Waals surface area contributed by atoms with Gasteiger partial charge in [-0.15, -0.1) is 0 Å². The summed E-state index contributed by atoms with van der Waals surface area (Å²) >= 11 is 0. The molecule has 4 nitrogen and oxygen atoms in total. The Labute approximate surface area is 120 Å². The molecular weight excluding hydrogens is 275 g/mol. The van der Waals surface area contributed by atoms with Crippen molar-refractivity contribution >= 4 is 12.3 Å². The third-order valence-corrected chi connectivity index (χ3v) is 2.81. The minimum absolute atomic E-state index is 0.0340. The fourth-order valence-corrected chi connectivity index (χ4v) is 1.83. The van der Waals surface area contributed by atoms with Gasteiger partial charge in [-0.05, 0) is 23.3 Å². The van der Waals surface area contributed by atoms with Gasteiger partial charge in [0.05, 0.1) is 6.42 Å². The number of rotatable bonds is 6. The largest absolute Gasteiger partial charge is 0.489 e. The Balaban J connectivity index is 2.01. The molecule has 2 rings (SSSR count). The minimum atomic E-state index is -0.889. The summed E-state index contributed by atoms with van der Waals surface area (Å²) in [5.74, 6) is -1.15. The van der Waals surface area contributed by atoms with Gasteiger partial charge in [0.25, 0.3) is 0 Å². The van der Waals surface area contributed by atoms with Crippen LogP contribution in [0.1, 0.15) is 21.5 Å². The monoisotopic (exact) mass is 288 g/mol. The van der Waals surface area contributed by atoms with Gasteiger partial charge in [0.15, 0.2) is 0 Å². The van der Waals surface area contributed by atoms with E-state index in [-0.39, 0.29) is 24.3 Å². The zero-order valence-corrected chi connectivity index (χ0v) is 11.1. The number of halogens is 1. The summed E-state index contributed by atoms with van der Waals surface area (Å²) in [7, 11) is 0. The van der Waals surface area contributed by atoms with Crippen LogP contribution >= 0.6 is 0 Å². The molecule has 0 saturated heterocycles. The van der Waals surface area contributed by atoms with Gasteiger partial charge in [0.2, 0.25) is 0 Å². The number of carboxylic acid groups (broad SMARTS) is 1. The van der Waals surface area contributed by atoms with Crippen LogP contribution in [0.2, 0.25) is 0 Å². The topological polar surface area (TPSA) is 63.6 Å². The lowest BCUT2D eigenvalue weighted by atomic mass is 10.1. The fraction of sp³-hybridized carbons (Fsp3) is 0.125. The molecule has 1 N–H and O–H groups in total. The highest BCUT2D eigenvalue weighted by Crippen LogP contribution is 2.17. The number of carbonyl (C=O) groups excluding carboxylic acids is 1. The van der Waals surface area contributed by atoms with E-state index in [2.05, 4.69) is 0 Å². The van der Waals surface area contributed by atoms with Gasteiger partial charge >= 0.3 is 5.97 Å². The number of hydrogen-bond donors (Lipinski definition) is 1. The van der Waals surface area contributed by atoms with Crippen molar-refractivity contribution in [3.63, 3.8) is 0 Å². The molecule has 0 aliphatic carbocycles. The molecule has 0 aliphatic heterocycles. The lowest BCUT2D eigenvalue weighted by molar-refractivity contribution is -0.136. The first-order valence-corrected chi connectivity index (χ1v) is 6.25. The molecule has 0 bridgehead atoms. The molecule has 0 aromatic heterocycles. The summed E-state index contributed by atoms with van der Waals surface area (Å²) in [6, 6.07) is 10.7. The van der Waals surface area contributed by atoms with E-state index >= 15 is 0 Å². The minimum Gasteiger partial charge on any atom is -0.489 e. The molecule has 2 aromatic rings. The summed E-state index contributed by atoms with van der Waals surface area (Å²) in [5.41, 5.74) is 1.73. The molecule has 0 fully saturated rings. The summed E-state index contributed by atoms with van der Waals surface area (Å²) in [5, 5.41) is 8.67. The Kier molecular flexibility index (Phi) is 4.66. The Morgan fingerprint density at radius 1 is 1.14 bits per heavy atom. The van der Waals surface area contributed by atoms with Gasteiger partial charge in [0, 0.05) is 11.6 Å². The molecule has 0 radical (unpaired) electrons. The van der Waals surface area contributed by atoms with Crippen molar-refractivity contribution in [1.82, 2.24) is 0 Å². The molecule has 0 aliphatic rings. The van der Waals surface area contributed by atoms with E-state index < -0.39 is 11.8 Å². The lowest BCUT2D eigenvalue weighted by Crippen LogP contribution is -2.01. The number of hydrogen-bond acceptors (Lipinski definition) is 3. The normalized spacial score (nSPS) is 10.1. The van der Waals surface area contributed by atoms with Crippen LogP contribution < -0.4 is 4.74 Å². The summed E-state index contributed by atoms with van der Waals surface area (Å²) in [6.07, 6.45) is 0.518. The van der Waals surface area contributed by atoms with E-state index in [4.69, 9.17) is 9.84 Å². The van der Waals surface area contributed by atoms with Gasteiger partial charge in [-0.25, -0.2) is 4.39 Å². The quantitative estimate of drug-likeness (QED) is 0.830. The number of aliphatic carboxylic acids is 1. The van der Waals surface area contributed by atoms with Crippen LogP contribution in [0.3, 0.4) is 0 Å². The van der Waals surface area contributed by atoms with Gasteiger partial charge in [-0.2, -0.15) is 0 Å². The molecular formula is C16H13FO4. The molecule has 0 atom stereocenters. The lowest BCUT2D eigenvalue weighted by Gasteiger charge is -2.07. The summed E-state index contributed by atoms with van der Waals surface area (Å²) < 4.78 is 18.6. The van der Waals surface area contributed by atoms with Crippen LogP contribution in [0.15, 0.2) is 42.5 Å². The van der Waals surface area contributed by atoms with Crippen molar-refractivity contribution in [3.8, 4) is 5.75 Å². The van der Waals surface area contributed by atoms with Gasteiger partial charge in [-0.1, -0.05) is 24.3 Å². The molecule has 0 spiro atoms. The molecule has 0 heterocycles. The Bertz CT molecular complexity index is 650. The number of carboxylic acids is 1. The van der Waals surface area contributed by atoms with Crippen LogP contribution in [-0.2, 0) is 17.8 Å². The average molecular weight is 288 g/mol. The zero-order valence-electron chi connectivity index (χ0n) is 11.1. The van der Waals surface area contributed by atoms with Gasteiger partial charge in [-0.3, -0.25) is 9.59 Å². The predicted octanol–water partition coefficient (Wildman–Crippen LogP) is 2.84. The van der Waals surface area contributed by atoms with Crippen LogP contribution in [0.25, 0.3) is 0 Å². The van der Waals surface area contributed by atoms with Crippen LogP contribution in [0.4, 0.5) is 4.39 Å². The molecule has 0 amide bonds. The molecule has 2 aromatic carbocycles. The smallest absolute Gasteiger partial charge is 0.307 e. The highest BCUT2D eigenvalue weighted by Gasteiger charge is 2.03.